The number of rotatable bonds is 6. The summed E-state index contributed by atoms with van der Waals surface area (Å²) in [6, 6.07) is 5.51. The Hall–Kier alpha value is -1.98. The largest absolute Gasteiger partial charge is 0.502 e. The lowest BCUT2D eigenvalue weighted by molar-refractivity contribution is -0.216. The van der Waals surface area contributed by atoms with Crippen molar-refractivity contribution in [2.75, 3.05) is 6.61 Å². The average Bonchev–Trinajstić information content (AvgIpc) is 2.31. The molecule has 1 aromatic carbocycles. The van der Waals surface area contributed by atoms with E-state index in [0.717, 1.165) is 0 Å². The Morgan fingerprint density at radius 3 is 2.26 bits per heavy atom. The number of ether oxygens (including phenoxy) is 2. The van der Waals surface area contributed by atoms with E-state index in [9.17, 15) is 18.4 Å². The lowest BCUT2D eigenvalue weighted by Crippen LogP contribution is -2.36. The molecule has 0 aliphatic carbocycles. The molecule has 0 spiro atoms. The molecular formula is C13H14F2O4. The van der Waals surface area contributed by atoms with Crippen LogP contribution in [0.2, 0.25) is 0 Å². The van der Waals surface area contributed by atoms with E-state index < -0.39 is 12.1 Å². The van der Waals surface area contributed by atoms with Gasteiger partial charge in [0.15, 0.2) is 0 Å². The SMILES string of the molecule is CCOC(=O)C(F)(F)Oc1ccc(CC(C)=O)cc1. The van der Waals surface area contributed by atoms with E-state index >= 15 is 0 Å². The van der Waals surface area contributed by atoms with Crippen molar-refractivity contribution in [3.05, 3.63) is 29.8 Å². The molecule has 0 amide bonds. The van der Waals surface area contributed by atoms with E-state index in [1.807, 2.05) is 0 Å². The molecule has 0 radical (unpaired) electrons. The quantitative estimate of drug-likeness (QED) is 0.746. The van der Waals surface area contributed by atoms with Crippen LogP contribution in [0.25, 0.3) is 0 Å². The van der Waals surface area contributed by atoms with Crippen molar-refractivity contribution in [2.45, 2.75) is 26.4 Å². The summed E-state index contributed by atoms with van der Waals surface area (Å²) in [5.41, 5.74) is 0.680. The van der Waals surface area contributed by atoms with E-state index in [4.69, 9.17) is 0 Å². The van der Waals surface area contributed by atoms with Gasteiger partial charge in [-0.25, -0.2) is 4.79 Å². The smallest absolute Gasteiger partial charge is 0.459 e. The average molecular weight is 272 g/mol. The van der Waals surface area contributed by atoms with Gasteiger partial charge in [-0.3, -0.25) is 4.79 Å². The van der Waals surface area contributed by atoms with E-state index in [-0.39, 0.29) is 24.6 Å². The number of carbonyl (C=O) groups excluding carboxylic acids is 2. The molecule has 0 aliphatic rings. The highest BCUT2D eigenvalue weighted by molar-refractivity contribution is 5.78. The van der Waals surface area contributed by atoms with Crippen LogP contribution < -0.4 is 4.74 Å². The van der Waals surface area contributed by atoms with Crippen LogP contribution in [0.5, 0.6) is 5.75 Å². The van der Waals surface area contributed by atoms with Gasteiger partial charge in [0.25, 0.3) is 0 Å². The first-order chi connectivity index (χ1) is 8.85. The third-order valence-corrected chi connectivity index (χ3v) is 2.14. The highest BCUT2D eigenvalue weighted by Crippen LogP contribution is 2.23. The topological polar surface area (TPSA) is 52.6 Å². The van der Waals surface area contributed by atoms with Crippen molar-refractivity contribution < 1.29 is 27.8 Å². The zero-order valence-corrected chi connectivity index (χ0v) is 10.6. The monoisotopic (exact) mass is 272 g/mol. The highest BCUT2D eigenvalue weighted by Gasteiger charge is 2.44. The maximum atomic E-state index is 13.2. The van der Waals surface area contributed by atoms with E-state index in [2.05, 4.69) is 9.47 Å². The second-order valence-corrected chi connectivity index (χ2v) is 3.86. The molecule has 19 heavy (non-hydrogen) atoms. The molecule has 0 saturated carbocycles. The Morgan fingerprint density at radius 2 is 1.79 bits per heavy atom. The van der Waals surface area contributed by atoms with Crippen molar-refractivity contribution in [3.63, 3.8) is 0 Å². The van der Waals surface area contributed by atoms with Crippen LogP contribution in [0.4, 0.5) is 8.78 Å². The summed E-state index contributed by atoms with van der Waals surface area (Å²) in [6.07, 6.45) is -3.81. The number of Topliss-reactive ketones (excluding diaryl/α,β-unsaturated/α-hetero) is 1. The van der Waals surface area contributed by atoms with Gasteiger partial charge in [0, 0.05) is 6.42 Å². The third kappa shape index (κ3) is 4.65. The van der Waals surface area contributed by atoms with Gasteiger partial charge >= 0.3 is 12.1 Å². The molecule has 104 valence electrons. The van der Waals surface area contributed by atoms with E-state index in [0.29, 0.717) is 5.56 Å². The van der Waals surface area contributed by atoms with Crippen LogP contribution in [-0.2, 0) is 20.7 Å². The molecule has 0 aromatic heterocycles. The maximum absolute atomic E-state index is 13.2. The first-order valence-corrected chi connectivity index (χ1v) is 5.67. The zero-order valence-electron chi connectivity index (χ0n) is 10.6. The lowest BCUT2D eigenvalue weighted by Gasteiger charge is -2.16. The van der Waals surface area contributed by atoms with Crippen molar-refractivity contribution in [2.24, 2.45) is 0 Å². The second-order valence-electron chi connectivity index (χ2n) is 3.86. The first kappa shape index (κ1) is 15.1. The number of benzene rings is 1. The number of hydrogen-bond donors (Lipinski definition) is 0. The summed E-state index contributed by atoms with van der Waals surface area (Å²) in [5, 5.41) is 0. The Balaban J connectivity index is 2.71. The fourth-order valence-corrected chi connectivity index (χ4v) is 1.37. The molecule has 1 aromatic rings. The molecular weight excluding hydrogens is 258 g/mol. The van der Waals surface area contributed by atoms with Gasteiger partial charge in [0.2, 0.25) is 0 Å². The summed E-state index contributed by atoms with van der Waals surface area (Å²) < 4.78 is 35.0. The summed E-state index contributed by atoms with van der Waals surface area (Å²) in [4.78, 5) is 21.8. The molecule has 4 nitrogen and oxygen atoms in total. The van der Waals surface area contributed by atoms with Crippen LogP contribution in [0.1, 0.15) is 19.4 Å². The van der Waals surface area contributed by atoms with Crippen molar-refractivity contribution in [1.29, 1.82) is 0 Å². The van der Waals surface area contributed by atoms with E-state index in [1.165, 1.54) is 38.1 Å². The second kappa shape index (κ2) is 6.26. The fourth-order valence-electron chi connectivity index (χ4n) is 1.37. The van der Waals surface area contributed by atoms with E-state index in [1.54, 1.807) is 0 Å². The number of halogens is 2. The van der Waals surface area contributed by atoms with Crippen LogP contribution in [0.15, 0.2) is 24.3 Å². The van der Waals surface area contributed by atoms with Gasteiger partial charge in [-0.2, -0.15) is 8.78 Å². The predicted octanol–water partition coefficient (Wildman–Crippen LogP) is 2.35. The standard InChI is InChI=1S/C13H14F2O4/c1-3-18-12(17)13(14,15)19-11-6-4-10(5-7-11)8-9(2)16/h4-7H,3,8H2,1-2H3. The zero-order chi connectivity index (χ0) is 14.5. The molecule has 0 N–H and O–H groups in total. The Kier molecular flexibility index (Phi) is 4.97. The molecule has 0 aliphatic heterocycles. The van der Waals surface area contributed by atoms with Gasteiger partial charge < -0.3 is 9.47 Å². The number of ketones is 1. The van der Waals surface area contributed by atoms with Gasteiger partial charge in [0.05, 0.1) is 6.61 Å². The van der Waals surface area contributed by atoms with Gasteiger partial charge in [-0.05, 0) is 31.5 Å². The molecule has 0 heterocycles. The van der Waals surface area contributed by atoms with Gasteiger partial charge in [0.1, 0.15) is 11.5 Å². The number of hydrogen-bond acceptors (Lipinski definition) is 4. The van der Waals surface area contributed by atoms with Crippen molar-refractivity contribution >= 4 is 11.8 Å². The summed E-state index contributed by atoms with van der Waals surface area (Å²) in [5.74, 6) is -1.95. The van der Waals surface area contributed by atoms with Gasteiger partial charge in [-0.1, -0.05) is 12.1 Å². The summed E-state index contributed by atoms with van der Waals surface area (Å²) in [7, 11) is 0. The Labute approximate surface area is 109 Å². The molecule has 1 rings (SSSR count). The maximum Gasteiger partial charge on any atom is 0.502 e. The van der Waals surface area contributed by atoms with Gasteiger partial charge in [-0.15, -0.1) is 0 Å². The highest BCUT2D eigenvalue weighted by atomic mass is 19.3. The molecule has 0 atom stereocenters. The van der Waals surface area contributed by atoms with Crippen LogP contribution >= 0.6 is 0 Å². The predicted molar refractivity (Wildman–Crippen MR) is 63.0 cm³/mol. The van der Waals surface area contributed by atoms with Crippen LogP contribution in [0, 0.1) is 0 Å². The molecule has 0 unspecified atom stereocenters. The first-order valence-electron chi connectivity index (χ1n) is 5.67. The number of carbonyl (C=O) groups is 2. The van der Waals surface area contributed by atoms with Crippen LogP contribution in [0.3, 0.4) is 0 Å². The lowest BCUT2D eigenvalue weighted by atomic mass is 10.1. The molecule has 0 bridgehead atoms. The molecule has 6 heteroatoms. The fraction of sp³-hybridized carbons (Fsp3) is 0.385. The minimum Gasteiger partial charge on any atom is -0.459 e. The van der Waals surface area contributed by atoms with Crippen molar-refractivity contribution in [3.8, 4) is 5.75 Å². The minimum absolute atomic E-state index is 0.0366. The Bertz CT molecular complexity index is 454. The number of esters is 1. The minimum atomic E-state index is -4.03. The normalized spacial score (nSPS) is 10.9. The Morgan fingerprint density at radius 1 is 1.21 bits per heavy atom. The molecule has 0 saturated heterocycles. The summed E-state index contributed by atoms with van der Waals surface area (Å²) in [6.45, 7) is 2.69. The summed E-state index contributed by atoms with van der Waals surface area (Å²) >= 11 is 0. The third-order valence-electron chi connectivity index (χ3n) is 2.14. The van der Waals surface area contributed by atoms with Crippen LogP contribution in [-0.4, -0.2) is 24.5 Å². The number of alkyl halides is 2. The molecule has 0 fully saturated rings. The van der Waals surface area contributed by atoms with Crippen molar-refractivity contribution in [1.82, 2.24) is 0 Å².